The molecule has 0 unspecified atom stereocenters. The largest absolute Gasteiger partial charge is 0.493 e. The predicted octanol–water partition coefficient (Wildman–Crippen LogP) is 3.36. The van der Waals surface area contributed by atoms with Crippen molar-refractivity contribution in [2.75, 3.05) is 12.3 Å². The molecule has 3 aromatic rings. The van der Waals surface area contributed by atoms with Crippen LogP contribution in [-0.4, -0.2) is 11.2 Å². The van der Waals surface area contributed by atoms with Crippen molar-refractivity contribution in [1.82, 2.24) is 4.57 Å². The van der Waals surface area contributed by atoms with Crippen LogP contribution in [0.3, 0.4) is 0 Å². The van der Waals surface area contributed by atoms with Gasteiger partial charge in [-0.3, -0.25) is 4.79 Å². The lowest BCUT2D eigenvalue weighted by Crippen LogP contribution is -2.20. The number of nitrogens with zero attached hydrogens (tertiary/aromatic N) is 1. The molecule has 0 aliphatic heterocycles. The Bertz CT molecular complexity index is 884. The number of aromatic nitrogens is 1. The zero-order chi connectivity index (χ0) is 16.2. The van der Waals surface area contributed by atoms with E-state index in [1.54, 1.807) is 16.7 Å². The number of fused-ring (bicyclic) bond motifs is 1. The van der Waals surface area contributed by atoms with Crippen LogP contribution in [0.25, 0.3) is 10.9 Å². The molecule has 0 aliphatic rings. The van der Waals surface area contributed by atoms with Gasteiger partial charge in [0.15, 0.2) is 0 Å². The van der Waals surface area contributed by atoms with E-state index in [1.165, 1.54) is 5.56 Å². The molecule has 3 rings (SSSR count). The number of hydrogen-bond donors (Lipinski definition) is 1. The molecule has 0 radical (unpaired) electrons. The monoisotopic (exact) mass is 308 g/mol. The second-order valence-electron chi connectivity index (χ2n) is 5.66. The first-order chi connectivity index (χ1) is 11.1. The minimum Gasteiger partial charge on any atom is -0.493 e. The smallest absolute Gasteiger partial charge is 0.251 e. The fourth-order valence-corrected chi connectivity index (χ4v) is 2.67. The molecule has 0 spiro atoms. The van der Waals surface area contributed by atoms with Crippen LogP contribution in [0.4, 0.5) is 5.69 Å². The Morgan fingerprint density at radius 2 is 1.96 bits per heavy atom. The lowest BCUT2D eigenvalue weighted by molar-refractivity contribution is 0.302. The molecule has 0 fully saturated rings. The van der Waals surface area contributed by atoms with Crippen LogP contribution in [-0.2, 0) is 6.54 Å². The lowest BCUT2D eigenvalue weighted by Gasteiger charge is -2.11. The van der Waals surface area contributed by atoms with Crippen molar-refractivity contribution in [3.05, 3.63) is 70.5 Å². The Labute approximate surface area is 135 Å². The lowest BCUT2D eigenvalue weighted by atomic mass is 10.1. The fourth-order valence-electron chi connectivity index (χ4n) is 2.67. The zero-order valence-electron chi connectivity index (χ0n) is 13.2. The number of hydrogen-bond acceptors (Lipinski definition) is 3. The molecule has 0 amide bonds. The van der Waals surface area contributed by atoms with Crippen molar-refractivity contribution in [1.29, 1.82) is 0 Å². The minimum absolute atomic E-state index is 0.0188. The first-order valence-electron chi connectivity index (χ1n) is 7.72. The van der Waals surface area contributed by atoms with Crippen molar-refractivity contribution < 1.29 is 4.74 Å². The van der Waals surface area contributed by atoms with Crippen LogP contribution in [0.5, 0.6) is 5.75 Å². The van der Waals surface area contributed by atoms with E-state index in [1.807, 2.05) is 43.3 Å². The zero-order valence-corrected chi connectivity index (χ0v) is 13.2. The average molecular weight is 308 g/mol. The third kappa shape index (κ3) is 3.54. The van der Waals surface area contributed by atoms with E-state index < -0.39 is 0 Å². The van der Waals surface area contributed by atoms with E-state index in [2.05, 4.69) is 6.07 Å². The topological polar surface area (TPSA) is 57.2 Å². The van der Waals surface area contributed by atoms with Crippen molar-refractivity contribution in [2.45, 2.75) is 19.9 Å². The van der Waals surface area contributed by atoms with E-state index in [-0.39, 0.29) is 5.56 Å². The molecular formula is C19H20N2O2. The van der Waals surface area contributed by atoms with Gasteiger partial charge in [-0.05, 0) is 49.1 Å². The summed E-state index contributed by atoms with van der Waals surface area (Å²) in [6, 6.07) is 17.0. The van der Waals surface area contributed by atoms with Gasteiger partial charge >= 0.3 is 0 Å². The molecule has 0 saturated carbocycles. The number of aryl methyl sites for hydroxylation is 2. The van der Waals surface area contributed by atoms with Gasteiger partial charge in [-0.25, -0.2) is 0 Å². The van der Waals surface area contributed by atoms with Gasteiger partial charge in [0.2, 0.25) is 0 Å². The molecule has 0 atom stereocenters. The van der Waals surface area contributed by atoms with Crippen LogP contribution in [0.1, 0.15) is 12.0 Å². The third-order valence-electron chi connectivity index (χ3n) is 3.80. The van der Waals surface area contributed by atoms with E-state index in [9.17, 15) is 4.79 Å². The molecule has 0 aliphatic carbocycles. The summed E-state index contributed by atoms with van der Waals surface area (Å²) in [5.74, 6) is 0.755. The van der Waals surface area contributed by atoms with Gasteiger partial charge < -0.3 is 15.0 Å². The maximum absolute atomic E-state index is 12.1. The van der Waals surface area contributed by atoms with Crippen molar-refractivity contribution in [3.8, 4) is 5.75 Å². The van der Waals surface area contributed by atoms with Crippen LogP contribution < -0.4 is 16.0 Å². The summed E-state index contributed by atoms with van der Waals surface area (Å²) in [5, 5.41) is 1.08. The summed E-state index contributed by atoms with van der Waals surface area (Å²) in [6.07, 6.45) is 0.752. The van der Waals surface area contributed by atoms with Crippen LogP contribution in [0, 0.1) is 6.92 Å². The molecule has 4 heteroatoms. The number of rotatable bonds is 5. The normalized spacial score (nSPS) is 10.8. The van der Waals surface area contributed by atoms with Gasteiger partial charge in [-0.1, -0.05) is 17.7 Å². The Hall–Kier alpha value is -2.75. The van der Waals surface area contributed by atoms with Crippen molar-refractivity contribution in [3.63, 3.8) is 0 Å². The molecule has 2 aromatic carbocycles. The highest BCUT2D eigenvalue weighted by molar-refractivity contribution is 5.79. The van der Waals surface area contributed by atoms with Crippen LogP contribution >= 0.6 is 0 Å². The van der Waals surface area contributed by atoms with Crippen LogP contribution in [0.15, 0.2) is 59.4 Å². The Kier molecular flexibility index (Phi) is 4.33. The number of pyridine rings is 1. The summed E-state index contributed by atoms with van der Waals surface area (Å²) >= 11 is 0. The quantitative estimate of drug-likeness (QED) is 0.581. The highest BCUT2D eigenvalue weighted by Gasteiger charge is 2.03. The number of nitrogen functional groups attached to an aromatic ring is 1. The van der Waals surface area contributed by atoms with Gasteiger partial charge in [0.25, 0.3) is 5.56 Å². The maximum Gasteiger partial charge on any atom is 0.251 e. The van der Waals surface area contributed by atoms with Gasteiger partial charge in [0.1, 0.15) is 5.75 Å². The summed E-state index contributed by atoms with van der Waals surface area (Å²) in [6.45, 7) is 3.22. The third-order valence-corrected chi connectivity index (χ3v) is 3.80. The second kappa shape index (κ2) is 6.57. The summed E-state index contributed by atoms with van der Waals surface area (Å²) in [5.41, 5.74) is 8.58. The van der Waals surface area contributed by atoms with Crippen molar-refractivity contribution >= 4 is 16.6 Å². The number of anilines is 1. The molecule has 1 aromatic heterocycles. The predicted molar refractivity (Wildman–Crippen MR) is 93.9 cm³/mol. The molecule has 0 bridgehead atoms. The SMILES string of the molecule is Cc1ccc2c(ccc(=O)n2CCCOc2cccc(N)c2)c1. The first kappa shape index (κ1) is 15.2. The van der Waals surface area contributed by atoms with Gasteiger partial charge in [-0.2, -0.15) is 0 Å². The van der Waals surface area contributed by atoms with Gasteiger partial charge in [-0.15, -0.1) is 0 Å². The second-order valence-corrected chi connectivity index (χ2v) is 5.66. The van der Waals surface area contributed by atoms with E-state index in [0.717, 1.165) is 23.1 Å². The first-order valence-corrected chi connectivity index (χ1v) is 7.72. The van der Waals surface area contributed by atoms with E-state index in [0.29, 0.717) is 18.8 Å². The molecule has 1 heterocycles. The number of benzene rings is 2. The fraction of sp³-hybridized carbons (Fsp3) is 0.211. The van der Waals surface area contributed by atoms with Gasteiger partial charge in [0.05, 0.1) is 12.1 Å². The van der Waals surface area contributed by atoms with E-state index >= 15 is 0 Å². The Morgan fingerprint density at radius 3 is 2.78 bits per heavy atom. The average Bonchev–Trinajstić information content (AvgIpc) is 2.53. The van der Waals surface area contributed by atoms with E-state index in [4.69, 9.17) is 10.5 Å². The highest BCUT2D eigenvalue weighted by atomic mass is 16.5. The molecule has 2 N–H and O–H groups in total. The highest BCUT2D eigenvalue weighted by Crippen LogP contribution is 2.16. The van der Waals surface area contributed by atoms with Crippen LogP contribution in [0.2, 0.25) is 0 Å². The Balaban J connectivity index is 1.69. The number of nitrogens with two attached hydrogens (primary N) is 1. The Morgan fingerprint density at radius 1 is 1.09 bits per heavy atom. The van der Waals surface area contributed by atoms with Crippen molar-refractivity contribution in [2.24, 2.45) is 0 Å². The standard InChI is InChI=1S/C19H20N2O2/c1-14-6-8-18-15(12-14)7-9-19(22)21(18)10-3-11-23-17-5-2-4-16(20)13-17/h2,4-9,12-13H,3,10-11,20H2,1H3. The summed E-state index contributed by atoms with van der Waals surface area (Å²) < 4.78 is 7.49. The molecule has 0 saturated heterocycles. The minimum atomic E-state index is 0.0188. The maximum atomic E-state index is 12.1. The summed E-state index contributed by atoms with van der Waals surface area (Å²) in [7, 11) is 0. The molecule has 118 valence electrons. The molecule has 4 nitrogen and oxygen atoms in total. The van der Waals surface area contributed by atoms with Gasteiger partial charge in [0, 0.05) is 24.4 Å². The summed E-state index contributed by atoms with van der Waals surface area (Å²) in [4.78, 5) is 12.1. The molecule has 23 heavy (non-hydrogen) atoms. The molecular weight excluding hydrogens is 288 g/mol. The number of ether oxygens (including phenoxy) is 1.